The van der Waals surface area contributed by atoms with Crippen LogP contribution in [0, 0.1) is 10.1 Å². The van der Waals surface area contributed by atoms with E-state index < -0.39 is 22.8 Å². The SMILES string of the molecule is CCC1C(=O)NCCN1C(=O)c1ccc([N+](=O)[O-])o1. The van der Waals surface area contributed by atoms with Crippen molar-refractivity contribution in [3.8, 4) is 0 Å². The maximum atomic E-state index is 12.2. The van der Waals surface area contributed by atoms with E-state index in [1.165, 1.54) is 11.0 Å². The maximum absolute atomic E-state index is 12.2. The predicted octanol–water partition coefficient (Wildman–Crippen LogP) is 0.538. The third-order valence-corrected chi connectivity index (χ3v) is 2.96. The van der Waals surface area contributed by atoms with Crippen LogP contribution in [0.25, 0.3) is 0 Å². The Morgan fingerprint density at radius 1 is 1.63 bits per heavy atom. The summed E-state index contributed by atoms with van der Waals surface area (Å²) in [6.45, 7) is 2.52. The molecule has 0 aliphatic carbocycles. The van der Waals surface area contributed by atoms with Crippen molar-refractivity contribution in [3.05, 3.63) is 28.0 Å². The fourth-order valence-electron chi connectivity index (χ4n) is 2.05. The molecule has 1 N–H and O–H groups in total. The van der Waals surface area contributed by atoms with Crippen molar-refractivity contribution in [3.63, 3.8) is 0 Å². The standard InChI is InChI=1S/C11H13N3O5/c1-2-7-10(15)12-5-6-13(7)11(16)8-3-4-9(19-8)14(17)18/h3-4,7H,2,5-6H2,1H3,(H,12,15). The molecule has 2 amide bonds. The van der Waals surface area contributed by atoms with E-state index in [-0.39, 0.29) is 11.7 Å². The summed E-state index contributed by atoms with van der Waals surface area (Å²) in [6.07, 6.45) is 0.473. The van der Waals surface area contributed by atoms with E-state index >= 15 is 0 Å². The largest absolute Gasteiger partial charge is 0.433 e. The Bertz CT molecular complexity index is 524. The van der Waals surface area contributed by atoms with Gasteiger partial charge in [-0.3, -0.25) is 19.7 Å². The van der Waals surface area contributed by atoms with Crippen LogP contribution in [0.3, 0.4) is 0 Å². The minimum Gasteiger partial charge on any atom is -0.395 e. The van der Waals surface area contributed by atoms with E-state index in [1.807, 2.05) is 0 Å². The van der Waals surface area contributed by atoms with Crippen LogP contribution in [0.5, 0.6) is 0 Å². The molecule has 1 aliphatic heterocycles. The van der Waals surface area contributed by atoms with Crippen molar-refractivity contribution < 1.29 is 18.9 Å². The van der Waals surface area contributed by atoms with Crippen LogP contribution in [-0.4, -0.2) is 40.8 Å². The Kier molecular flexibility index (Phi) is 3.50. The third kappa shape index (κ3) is 2.42. The number of amides is 2. The molecular weight excluding hydrogens is 254 g/mol. The summed E-state index contributed by atoms with van der Waals surface area (Å²) in [4.78, 5) is 35.0. The van der Waals surface area contributed by atoms with Crippen LogP contribution in [0.4, 0.5) is 5.88 Å². The fraction of sp³-hybridized carbons (Fsp3) is 0.455. The van der Waals surface area contributed by atoms with Gasteiger partial charge in [-0.05, 0) is 12.5 Å². The Morgan fingerprint density at radius 3 is 2.95 bits per heavy atom. The second-order valence-electron chi connectivity index (χ2n) is 4.11. The molecule has 1 unspecified atom stereocenters. The zero-order valence-electron chi connectivity index (χ0n) is 10.3. The van der Waals surface area contributed by atoms with Gasteiger partial charge >= 0.3 is 5.88 Å². The molecule has 1 fully saturated rings. The van der Waals surface area contributed by atoms with Gasteiger partial charge in [-0.25, -0.2) is 0 Å². The van der Waals surface area contributed by atoms with Gasteiger partial charge in [-0.15, -0.1) is 0 Å². The number of hydrogen-bond acceptors (Lipinski definition) is 5. The number of hydrogen-bond donors (Lipinski definition) is 1. The number of nitrogens with one attached hydrogen (secondary N) is 1. The molecule has 102 valence electrons. The highest BCUT2D eigenvalue weighted by Gasteiger charge is 2.33. The lowest BCUT2D eigenvalue weighted by Crippen LogP contribution is -2.56. The second-order valence-corrected chi connectivity index (χ2v) is 4.11. The number of carbonyl (C=O) groups is 2. The molecule has 1 saturated heterocycles. The van der Waals surface area contributed by atoms with Gasteiger partial charge in [-0.1, -0.05) is 6.92 Å². The Labute approximate surface area is 108 Å². The smallest absolute Gasteiger partial charge is 0.395 e. The number of rotatable bonds is 3. The summed E-state index contributed by atoms with van der Waals surface area (Å²) in [5.41, 5.74) is 0. The van der Waals surface area contributed by atoms with Gasteiger partial charge in [0, 0.05) is 13.1 Å². The number of piperazine rings is 1. The molecule has 0 aromatic carbocycles. The normalized spacial score (nSPS) is 19.1. The summed E-state index contributed by atoms with van der Waals surface area (Å²) >= 11 is 0. The second kappa shape index (κ2) is 5.09. The average molecular weight is 267 g/mol. The number of furan rings is 1. The van der Waals surface area contributed by atoms with Gasteiger partial charge in [0.25, 0.3) is 5.91 Å². The molecule has 0 bridgehead atoms. The Hall–Kier alpha value is -2.38. The van der Waals surface area contributed by atoms with Crippen LogP contribution in [-0.2, 0) is 4.79 Å². The molecule has 8 heteroatoms. The van der Waals surface area contributed by atoms with Gasteiger partial charge in [-0.2, -0.15) is 0 Å². The van der Waals surface area contributed by atoms with Crippen molar-refractivity contribution in [1.29, 1.82) is 0 Å². The Morgan fingerprint density at radius 2 is 2.37 bits per heavy atom. The summed E-state index contributed by atoms with van der Waals surface area (Å²) < 4.78 is 4.87. The molecule has 0 spiro atoms. The first-order valence-electron chi connectivity index (χ1n) is 5.87. The number of carbonyl (C=O) groups excluding carboxylic acids is 2. The molecular formula is C11H13N3O5. The summed E-state index contributed by atoms with van der Waals surface area (Å²) in [6, 6.07) is 1.81. The molecule has 2 heterocycles. The average Bonchev–Trinajstić information content (AvgIpc) is 2.87. The van der Waals surface area contributed by atoms with E-state index in [1.54, 1.807) is 6.92 Å². The first-order valence-corrected chi connectivity index (χ1v) is 5.87. The number of nitro groups is 1. The van der Waals surface area contributed by atoms with E-state index in [0.717, 1.165) is 6.07 Å². The molecule has 0 radical (unpaired) electrons. The van der Waals surface area contributed by atoms with Crippen LogP contribution >= 0.6 is 0 Å². The molecule has 1 atom stereocenters. The van der Waals surface area contributed by atoms with Crippen molar-refractivity contribution >= 4 is 17.7 Å². The lowest BCUT2D eigenvalue weighted by Gasteiger charge is -2.33. The zero-order chi connectivity index (χ0) is 14.0. The van der Waals surface area contributed by atoms with Crippen LogP contribution in [0.15, 0.2) is 16.5 Å². The highest BCUT2D eigenvalue weighted by atomic mass is 16.6. The van der Waals surface area contributed by atoms with E-state index in [2.05, 4.69) is 5.32 Å². The van der Waals surface area contributed by atoms with E-state index in [9.17, 15) is 19.7 Å². The lowest BCUT2D eigenvalue weighted by atomic mass is 10.1. The topological polar surface area (TPSA) is 106 Å². The van der Waals surface area contributed by atoms with Crippen LogP contribution in [0.2, 0.25) is 0 Å². The monoisotopic (exact) mass is 267 g/mol. The highest BCUT2D eigenvalue weighted by Crippen LogP contribution is 2.19. The van der Waals surface area contributed by atoms with Crippen molar-refractivity contribution in [2.75, 3.05) is 13.1 Å². The molecule has 19 heavy (non-hydrogen) atoms. The third-order valence-electron chi connectivity index (χ3n) is 2.96. The quantitative estimate of drug-likeness (QED) is 0.635. The minimum atomic E-state index is -0.711. The van der Waals surface area contributed by atoms with Gasteiger partial charge in [0.2, 0.25) is 5.91 Å². The molecule has 2 rings (SSSR count). The molecule has 1 aromatic rings. The molecule has 0 saturated carbocycles. The van der Waals surface area contributed by atoms with Crippen molar-refractivity contribution in [2.45, 2.75) is 19.4 Å². The minimum absolute atomic E-state index is 0.125. The molecule has 1 aliphatic rings. The molecule has 1 aromatic heterocycles. The fourth-order valence-corrected chi connectivity index (χ4v) is 2.05. The summed E-state index contributed by atoms with van der Waals surface area (Å²) in [7, 11) is 0. The predicted molar refractivity (Wildman–Crippen MR) is 63.5 cm³/mol. The molecule has 8 nitrogen and oxygen atoms in total. The van der Waals surface area contributed by atoms with Crippen LogP contribution in [0.1, 0.15) is 23.9 Å². The highest BCUT2D eigenvalue weighted by molar-refractivity contribution is 5.96. The lowest BCUT2D eigenvalue weighted by molar-refractivity contribution is -0.402. The van der Waals surface area contributed by atoms with Gasteiger partial charge in [0.1, 0.15) is 11.0 Å². The van der Waals surface area contributed by atoms with Gasteiger partial charge in [0.15, 0.2) is 5.76 Å². The zero-order valence-corrected chi connectivity index (χ0v) is 10.3. The number of nitrogens with zero attached hydrogens (tertiary/aromatic N) is 2. The maximum Gasteiger partial charge on any atom is 0.433 e. The van der Waals surface area contributed by atoms with E-state index in [4.69, 9.17) is 4.42 Å². The summed E-state index contributed by atoms with van der Waals surface area (Å²) in [5.74, 6) is -1.34. The van der Waals surface area contributed by atoms with Gasteiger partial charge in [0.05, 0.1) is 6.07 Å². The van der Waals surface area contributed by atoms with Crippen LogP contribution < -0.4 is 5.32 Å². The first kappa shape index (κ1) is 13.1. The Balaban J connectivity index is 2.21. The first-order chi connectivity index (χ1) is 9.04. The van der Waals surface area contributed by atoms with Crippen molar-refractivity contribution in [1.82, 2.24) is 10.2 Å². The van der Waals surface area contributed by atoms with Gasteiger partial charge < -0.3 is 14.6 Å². The summed E-state index contributed by atoms with van der Waals surface area (Å²) in [5, 5.41) is 13.2. The van der Waals surface area contributed by atoms with Crippen molar-refractivity contribution in [2.24, 2.45) is 0 Å². The van der Waals surface area contributed by atoms with E-state index in [0.29, 0.717) is 19.5 Å².